The van der Waals surface area contributed by atoms with Crippen LogP contribution in [0.1, 0.15) is 29.5 Å². The summed E-state index contributed by atoms with van der Waals surface area (Å²) in [7, 11) is 0. The zero-order valence-corrected chi connectivity index (χ0v) is 18.2. The minimum atomic E-state index is -1.35. The maximum atomic E-state index is 11.2. The van der Waals surface area contributed by atoms with Crippen LogP contribution in [0.3, 0.4) is 0 Å². The van der Waals surface area contributed by atoms with E-state index in [2.05, 4.69) is 25.3 Å². The molecule has 0 aliphatic carbocycles. The summed E-state index contributed by atoms with van der Waals surface area (Å²) in [6.07, 6.45) is 1.45. The Kier molecular flexibility index (Phi) is 6.10. The Hall–Kier alpha value is -2.72. The van der Waals surface area contributed by atoms with E-state index in [4.69, 9.17) is 26.6 Å². The highest BCUT2D eigenvalue weighted by Gasteiger charge is 2.30. The minimum Gasteiger partial charge on any atom is -0.379 e. The van der Waals surface area contributed by atoms with Gasteiger partial charge in [0.1, 0.15) is 22.1 Å². The molecule has 1 fully saturated rings. The van der Waals surface area contributed by atoms with Crippen molar-refractivity contribution in [3.63, 3.8) is 0 Å². The van der Waals surface area contributed by atoms with Crippen molar-refractivity contribution in [1.82, 2.24) is 20.0 Å². The molecule has 1 aliphatic rings. The van der Waals surface area contributed by atoms with Gasteiger partial charge < -0.3 is 25.4 Å². The van der Waals surface area contributed by atoms with Crippen molar-refractivity contribution in [2.45, 2.75) is 26.0 Å². The van der Waals surface area contributed by atoms with Gasteiger partial charge in [-0.15, -0.1) is 0 Å². The van der Waals surface area contributed by atoms with Crippen molar-refractivity contribution in [3.05, 3.63) is 58.1 Å². The highest BCUT2D eigenvalue weighted by atomic mass is 35.5. The Morgan fingerprint density at radius 2 is 2.06 bits per heavy atom. The number of aliphatic hydroxyl groups is 1. The molecule has 1 aliphatic heterocycles. The molecular formula is C21H25ClN6O3. The average Bonchev–Trinajstić information content (AvgIpc) is 3.20. The molecule has 0 bridgehead atoms. The summed E-state index contributed by atoms with van der Waals surface area (Å²) in [5.74, 6) is 1.13. The lowest BCUT2D eigenvalue weighted by molar-refractivity contribution is 0.0342. The van der Waals surface area contributed by atoms with Crippen molar-refractivity contribution in [2.75, 3.05) is 37.4 Å². The van der Waals surface area contributed by atoms with Crippen molar-refractivity contribution in [1.29, 1.82) is 0 Å². The number of aromatic nitrogens is 3. The number of ether oxygens (including phenoxy) is 1. The van der Waals surface area contributed by atoms with E-state index in [0.29, 0.717) is 47.6 Å². The van der Waals surface area contributed by atoms with Gasteiger partial charge in [0.15, 0.2) is 5.82 Å². The number of benzene rings is 1. The van der Waals surface area contributed by atoms with Crippen molar-refractivity contribution < 1.29 is 14.4 Å². The zero-order chi connectivity index (χ0) is 22.0. The molecule has 1 unspecified atom stereocenters. The first kappa shape index (κ1) is 21.5. The van der Waals surface area contributed by atoms with Crippen molar-refractivity contribution in [3.8, 4) is 0 Å². The maximum absolute atomic E-state index is 11.2. The van der Waals surface area contributed by atoms with Crippen molar-refractivity contribution >= 4 is 29.1 Å². The molecule has 3 heterocycles. The first-order valence-electron chi connectivity index (χ1n) is 9.97. The highest BCUT2D eigenvalue weighted by Crippen LogP contribution is 2.34. The van der Waals surface area contributed by atoms with Crippen LogP contribution < -0.4 is 11.1 Å². The monoisotopic (exact) mass is 444 g/mol. The van der Waals surface area contributed by atoms with E-state index < -0.39 is 5.60 Å². The predicted molar refractivity (Wildman–Crippen MR) is 117 cm³/mol. The molecule has 4 N–H and O–H groups in total. The standard InChI is InChI=1S/C21H25ClN6O3/c1-13-9-18(27-31-13)21(2,29)15-4-3-14(12-28-5-7-30-8-6-28)17(10-15)25-19-16(22)11-24-20(23)26-19/h3-4,9-11,29H,5-8,12H2,1-2H3,(H3,23,24,25,26). The molecule has 0 saturated carbocycles. The average molecular weight is 445 g/mol. The molecular weight excluding hydrogens is 420 g/mol. The maximum Gasteiger partial charge on any atom is 0.222 e. The fraction of sp³-hybridized carbons (Fsp3) is 0.381. The Morgan fingerprint density at radius 3 is 2.77 bits per heavy atom. The van der Waals surface area contributed by atoms with E-state index in [9.17, 15) is 5.11 Å². The van der Waals surface area contributed by atoms with Gasteiger partial charge in [-0.2, -0.15) is 4.98 Å². The number of nitrogen functional groups attached to an aromatic ring is 1. The fourth-order valence-electron chi connectivity index (χ4n) is 3.47. The van der Waals surface area contributed by atoms with Crippen LogP contribution in [0.5, 0.6) is 0 Å². The summed E-state index contributed by atoms with van der Waals surface area (Å²) in [6.45, 7) is 7.27. The molecule has 164 valence electrons. The number of morpholine rings is 1. The minimum absolute atomic E-state index is 0.114. The summed E-state index contributed by atoms with van der Waals surface area (Å²) >= 11 is 6.28. The predicted octanol–water partition coefficient (Wildman–Crippen LogP) is 2.84. The molecule has 2 aromatic heterocycles. The molecule has 0 amide bonds. The first-order chi connectivity index (χ1) is 14.8. The van der Waals surface area contributed by atoms with E-state index >= 15 is 0 Å². The van der Waals surface area contributed by atoms with Gasteiger partial charge in [-0.3, -0.25) is 4.90 Å². The van der Waals surface area contributed by atoms with E-state index in [-0.39, 0.29) is 5.95 Å². The summed E-state index contributed by atoms with van der Waals surface area (Å²) in [5.41, 5.74) is 7.25. The van der Waals surface area contributed by atoms with E-state index in [1.165, 1.54) is 6.20 Å². The molecule has 31 heavy (non-hydrogen) atoms. The second kappa shape index (κ2) is 8.80. The van der Waals surface area contributed by atoms with Crippen LogP contribution >= 0.6 is 11.6 Å². The third-order valence-electron chi connectivity index (χ3n) is 5.31. The van der Waals surface area contributed by atoms with E-state index in [1.807, 2.05) is 18.2 Å². The number of aryl methyl sites for hydroxylation is 1. The molecule has 1 aromatic carbocycles. The summed E-state index contributed by atoms with van der Waals surface area (Å²) in [4.78, 5) is 10.4. The Balaban J connectivity index is 1.72. The molecule has 1 saturated heterocycles. The van der Waals surface area contributed by atoms with Crippen LogP contribution in [0.15, 0.2) is 35.0 Å². The lowest BCUT2D eigenvalue weighted by Gasteiger charge is -2.28. The van der Waals surface area contributed by atoms with Crippen LogP contribution in [-0.2, 0) is 16.9 Å². The van der Waals surface area contributed by atoms with E-state index in [1.54, 1.807) is 19.9 Å². The zero-order valence-electron chi connectivity index (χ0n) is 17.4. The van der Waals surface area contributed by atoms with Gasteiger partial charge in [0.05, 0.1) is 19.4 Å². The van der Waals surface area contributed by atoms with Crippen LogP contribution in [0.2, 0.25) is 5.02 Å². The molecule has 0 radical (unpaired) electrons. The number of nitrogens with one attached hydrogen (secondary N) is 1. The van der Waals surface area contributed by atoms with Crippen LogP contribution in [0, 0.1) is 6.92 Å². The number of nitrogens with two attached hydrogens (primary N) is 1. The molecule has 1 atom stereocenters. The summed E-state index contributed by atoms with van der Waals surface area (Å²) < 4.78 is 10.6. The SMILES string of the molecule is Cc1cc(C(C)(O)c2ccc(CN3CCOCC3)c(Nc3nc(N)ncc3Cl)c2)no1. The smallest absolute Gasteiger partial charge is 0.222 e. The highest BCUT2D eigenvalue weighted by molar-refractivity contribution is 6.32. The fourth-order valence-corrected chi connectivity index (χ4v) is 3.61. The molecule has 3 aromatic rings. The van der Waals surface area contributed by atoms with Crippen molar-refractivity contribution in [2.24, 2.45) is 0 Å². The normalized spacial score (nSPS) is 16.8. The quantitative estimate of drug-likeness (QED) is 0.526. The summed E-state index contributed by atoms with van der Waals surface area (Å²) in [6, 6.07) is 7.46. The lowest BCUT2D eigenvalue weighted by atomic mass is 9.91. The van der Waals surface area contributed by atoms with Gasteiger partial charge in [-0.05, 0) is 31.0 Å². The second-order valence-electron chi connectivity index (χ2n) is 7.71. The van der Waals surface area contributed by atoms with Crippen LogP contribution in [0.25, 0.3) is 0 Å². The number of anilines is 3. The largest absolute Gasteiger partial charge is 0.379 e. The molecule has 9 nitrogen and oxygen atoms in total. The Bertz CT molecular complexity index is 1070. The first-order valence-corrected chi connectivity index (χ1v) is 10.4. The number of hydrogen-bond acceptors (Lipinski definition) is 9. The van der Waals surface area contributed by atoms with Gasteiger partial charge in [0, 0.05) is 31.4 Å². The number of halogens is 1. The number of hydrogen-bond donors (Lipinski definition) is 3. The number of rotatable bonds is 6. The lowest BCUT2D eigenvalue weighted by Crippen LogP contribution is -2.35. The Labute approximate surface area is 185 Å². The van der Waals surface area contributed by atoms with Gasteiger partial charge in [0.25, 0.3) is 0 Å². The van der Waals surface area contributed by atoms with Gasteiger partial charge >= 0.3 is 0 Å². The Morgan fingerprint density at radius 1 is 1.29 bits per heavy atom. The third kappa shape index (κ3) is 4.80. The second-order valence-corrected chi connectivity index (χ2v) is 8.11. The third-order valence-corrected chi connectivity index (χ3v) is 5.59. The number of nitrogens with zero attached hydrogens (tertiary/aromatic N) is 4. The summed E-state index contributed by atoms with van der Waals surface area (Å²) in [5, 5.41) is 18.8. The molecule has 10 heteroatoms. The van der Waals surface area contributed by atoms with Crippen LogP contribution in [0.4, 0.5) is 17.5 Å². The molecule has 4 rings (SSSR count). The van der Waals surface area contributed by atoms with Crippen LogP contribution in [-0.4, -0.2) is 51.4 Å². The van der Waals surface area contributed by atoms with Gasteiger partial charge in [-0.1, -0.05) is 28.9 Å². The van der Waals surface area contributed by atoms with Gasteiger partial charge in [0.2, 0.25) is 5.95 Å². The van der Waals surface area contributed by atoms with E-state index in [0.717, 1.165) is 24.3 Å². The van der Waals surface area contributed by atoms with Gasteiger partial charge in [-0.25, -0.2) is 4.98 Å². The molecule has 0 spiro atoms. The topological polar surface area (TPSA) is 123 Å².